The van der Waals surface area contributed by atoms with Gasteiger partial charge in [0.1, 0.15) is 11.4 Å². The van der Waals surface area contributed by atoms with Crippen LogP contribution >= 0.6 is 0 Å². The average molecular weight is 281 g/mol. The number of aliphatic hydroxyl groups excluding tert-OH is 1. The van der Waals surface area contributed by atoms with Gasteiger partial charge in [-0.25, -0.2) is 4.79 Å². The summed E-state index contributed by atoms with van der Waals surface area (Å²) in [5.41, 5.74) is 0.141. The molecule has 5 heteroatoms. The van der Waals surface area contributed by atoms with Gasteiger partial charge in [-0.3, -0.25) is 4.79 Å². The van der Waals surface area contributed by atoms with Crippen molar-refractivity contribution in [2.24, 2.45) is 0 Å². The largest absolute Gasteiger partial charge is 0.508 e. The first-order valence-electron chi connectivity index (χ1n) is 6.84. The van der Waals surface area contributed by atoms with Crippen LogP contribution in [-0.4, -0.2) is 28.6 Å². The van der Waals surface area contributed by atoms with Gasteiger partial charge in [0.2, 0.25) is 0 Å². The van der Waals surface area contributed by atoms with E-state index < -0.39 is 11.7 Å². The number of carbonyl (C=O) groups is 2. The summed E-state index contributed by atoms with van der Waals surface area (Å²) >= 11 is 0. The second-order valence-electron chi connectivity index (χ2n) is 5.92. The summed E-state index contributed by atoms with van der Waals surface area (Å²) in [5.74, 6) is -0.226. The molecule has 0 unspecified atom stereocenters. The van der Waals surface area contributed by atoms with E-state index in [9.17, 15) is 14.7 Å². The second-order valence-corrected chi connectivity index (χ2v) is 5.92. The van der Waals surface area contributed by atoms with Crippen LogP contribution in [0.1, 0.15) is 47.0 Å². The van der Waals surface area contributed by atoms with E-state index in [0.717, 1.165) is 6.42 Å². The summed E-state index contributed by atoms with van der Waals surface area (Å²) in [6.07, 6.45) is 3.96. The first-order chi connectivity index (χ1) is 9.21. The zero-order valence-electron chi connectivity index (χ0n) is 12.5. The van der Waals surface area contributed by atoms with Crippen molar-refractivity contribution >= 4 is 11.9 Å². The maximum Gasteiger partial charge on any atom is 0.408 e. The molecule has 0 aromatic heterocycles. The van der Waals surface area contributed by atoms with Crippen LogP contribution in [0.3, 0.4) is 0 Å². The van der Waals surface area contributed by atoms with Gasteiger partial charge in [-0.15, -0.1) is 0 Å². The first kappa shape index (κ1) is 16.3. The summed E-state index contributed by atoms with van der Waals surface area (Å²) in [7, 11) is 0. The lowest BCUT2D eigenvalue weighted by Crippen LogP contribution is -2.40. The lowest BCUT2D eigenvalue weighted by molar-refractivity contribution is -0.114. The molecule has 0 saturated carbocycles. The molecule has 1 aliphatic carbocycles. The van der Waals surface area contributed by atoms with Crippen molar-refractivity contribution in [2.75, 3.05) is 0 Å². The van der Waals surface area contributed by atoms with Gasteiger partial charge in [-0.1, -0.05) is 13.3 Å². The maximum absolute atomic E-state index is 11.8. The highest BCUT2D eigenvalue weighted by molar-refractivity contribution is 5.93. The number of amides is 1. The third-order valence-electron chi connectivity index (χ3n) is 2.74. The Hall–Kier alpha value is -1.78. The van der Waals surface area contributed by atoms with Crippen molar-refractivity contribution < 1.29 is 19.4 Å². The number of ketones is 1. The molecule has 2 N–H and O–H groups in total. The number of ether oxygens (including phenoxy) is 1. The van der Waals surface area contributed by atoms with Crippen molar-refractivity contribution in [1.29, 1.82) is 0 Å². The number of nitrogens with one attached hydrogen (secondary N) is 1. The third kappa shape index (κ3) is 5.47. The molecule has 0 aliphatic heterocycles. The van der Waals surface area contributed by atoms with Crippen LogP contribution in [0.5, 0.6) is 0 Å². The van der Waals surface area contributed by atoms with E-state index in [1.807, 2.05) is 6.92 Å². The molecule has 1 rings (SSSR count). The molecule has 0 fully saturated rings. The summed E-state index contributed by atoms with van der Waals surface area (Å²) in [5, 5.41) is 12.3. The fourth-order valence-corrected chi connectivity index (χ4v) is 2.01. The monoisotopic (exact) mass is 281 g/mol. The molecule has 20 heavy (non-hydrogen) atoms. The van der Waals surface area contributed by atoms with Gasteiger partial charge in [0.15, 0.2) is 5.78 Å². The Balaban J connectivity index is 2.77. The summed E-state index contributed by atoms with van der Waals surface area (Å²) in [6, 6.07) is -0.297. The average Bonchev–Trinajstić information content (AvgIpc) is 2.24. The standard InChI is InChI=1S/C15H23NO4/c1-5-6-13(16-14(19)20-15(2,3)4)10-7-11(17)9-12(18)8-10/h7,9,13,17H,5-6,8H2,1-4H3,(H,16,19)/t13-/m1/s1. The van der Waals surface area contributed by atoms with Gasteiger partial charge >= 0.3 is 6.09 Å². The second kappa shape index (κ2) is 6.59. The van der Waals surface area contributed by atoms with E-state index in [1.165, 1.54) is 6.08 Å². The summed E-state index contributed by atoms with van der Waals surface area (Å²) < 4.78 is 5.22. The molecule has 1 amide bonds. The van der Waals surface area contributed by atoms with E-state index in [0.29, 0.717) is 12.0 Å². The number of allylic oxidation sites excluding steroid dienone is 2. The van der Waals surface area contributed by atoms with E-state index in [2.05, 4.69) is 5.32 Å². The number of aliphatic hydroxyl groups is 1. The van der Waals surface area contributed by atoms with Crippen molar-refractivity contribution in [3.63, 3.8) is 0 Å². The van der Waals surface area contributed by atoms with Gasteiger partial charge in [0.05, 0.1) is 6.04 Å². The van der Waals surface area contributed by atoms with E-state index in [-0.39, 0.29) is 24.0 Å². The Morgan fingerprint density at radius 3 is 2.60 bits per heavy atom. The SMILES string of the molecule is CCC[C@@H](NC(=O)OC(C)(C)C)C1=CC(O)=CC(=O)C1. The fourth-order valence-electron chi connectivity index (χ4n) is 2.01. The highest BCUT2D eigenvalue weighted by atomic mass is 16.6. The van der Waals surface area contributed by atoms with Crippen LogP contribution in [0.4, 0.5) is 4.79 Å². The molecule has 0 aromatic rings. The molecular weight excluding hydrogens is 258 g/mol. The first-order valence-corrected chi connectivity index (χ1v) is 6.84. The van der Waals surface area contributed by atoms with Crippen molar-refractivity contribution in [3.05, 3.63) is 23.5 Å². The summed E-state index contributed by atoms with van der Waals surface area (Å²) in [4.78, 5) is 23.3. The van der Waals surface area contributed by atoms with Crippen molar-refractivity contribution in [1.82, 2.24) is 5.32 Å². The fraction of sp³-hybridized carbons (Fsp3) is 0.600. The quantitative estimate of drug-likeness (QED) is 0.830. The molecule has 112 valence electrons. The van der Waals surface area contributed by atoms with Crippen LogP contribution in [-0.2, 0) is 9.53 Å². The van der Waals surface area contributed by atoms with Crippen LogP contribution in [0.15, 0.2) is 23.5 Å². The van der Waals surface area contributed by atoms with Gasteiger partial charge in [0, 0.05) is 12.5 Å². The predicted molar refractivity (Wildman–Crippen MR) is 76.5 cm³/mol. The molecule has 0 heterocycles. The zero-order valence-corrected chi connectivity index (χ0v) is 12.5. The maximum atomic E-state index is 11.8. The number of hydrogen-bond acceptors (Lipinski definition) is 4. The van der Waals surface area contributed by atoms with Gasteiger partial charge in [0.25, 0.3) is 0 Å². The summed E-state index contributed by atoms with van der Waals surface area (Å²) in [6.45, 7) is 7.36. The minimum Gasteiger partial charge on any atom is -0.508 e. The van der Waals surface area contributed by atoms with E-state index in [1.54, 1.807) is 26.8 Å². The Morgan fingerprint density at radius 1 is 1.45 bits per heavy atom. The Kier molecular flexibility index (Phi) is 5.36. The molecule has 0 spiro atoms. The Morgan fingerprint density at radius 2 is 2.10 bits per heavy atom. The topological polar surface area (TPSA) is 75.6 Å². The van der Waals surface area contributed by atoms with Gasteiger partial charge in [-0.2, -0.15) is 0 Å². The Labute approximate surface area is 119 Å². The lowest BCUT2D eigenvalue weighted by atomic mass is 9.93. The lowest BCUT2D eigenvalue weighted by Gasteiger charge is -2.25. The molecule has 0 aromatic carbocycles. The van der Waals surface area contributed by atoms with E-state index in [4.69, 9.17) is 4.74 Å². The molecule has 5 nitrogen and oxygen atoms in total. The highest BCUT2D eigenvalue weighted by Crippen LogP contribution is 2.20. The normalized spacial score (nSPS) is 17.1. The number of alkyl carbamates (subject to hydrolysis) is 1. The number of hydrogen-bond donors (Lipinski definition) is 2. The van der Waals surface area contributed by atoms with Crippen LogP contribution in [0.2, 0.25) is 0 Å². The van der Waals surface area contributed by atoms with Crippen molar-refractivity contribution in [3.8, 4) is 0 Å². The highest BCUT2D eigenvalue weighted by Gasteiger charge is 2.24. The molecule has 0 bridgehead atoms. The predicted octanol–water partition coefficient (Wildman–Crippen LogP) is 3.02. The smallest absolute Gasteiger partial charge is 0.408 e. The minimum atomic E-state index is -0.570. The van der Waals surface area contributed by atoms with Crippen LogP contribution in [0.25, 0.3) is 0 Å². The van der Waals surface area contributed by atoms with E-state index >= 15 is 0 Å². The van der Waals surface area contributed by atoms with Gasteiger partial charge in [-0.05, 0) is 38.8 Å². The van der Waals surface area contributed by atoms with Gasteiger partial charge < -0.3 is 15.2 Å². The number of carbonyl (C=O) groups excluding carboxylic acids is 2. The van der Waals surface area contributed by atoms with Crippen molar-refractivity contribution in [2.45, 2.75) is 58.6 Å². The molecule has 1 atom stereocenters. The zero-order chi connectivity index (χ0) is 15.3. The van der Waals surface area contributed by atoms with Crippen LogP contribution in [0, 0.1) is 0 Å². The number of rotatable bonds is 4. The molecule has 0 radical (unpaired) electrons. The molecule has 1 aliphatic rings. The Bertz CT molecular complexity index is 443. The minimum absolute atomic E-state index is 0.0664. The van der Waals surface area contributed by atoms with Crippen LogP contribution < -0.4 is 5.32 Å². The third-order valence-corrected chi connectivity index (χ3v) is 2.74. The molecular formula is C15H23NO4. The molecule has 0 saturated heterocycles.